The number of amidine groups is 1. The normalized spacial score (nSPS) is 11.7. The van der Waals surface area contributed by atoms with E-state index >= 15 is 0 Å². The maximum atomic E-state index is 10.9. The van der Waals surface area contributed by atoms with Crippen LogP contribution in [0.3, 0.4) is 0 Å². The average Bonchev–Trinajstić information content (AvgIpc) is 2.55. The second-order valence-electron chi connectivity index (χ2n) is 4.87. The molecule has 0 radical (unpaired) electrons. The van der Waals surface area contributed by atoms with Gasteiger partial charge in [0.1, 0.15) is 11.6 Å². The van der Waals surface area contributed by atoms with E-state index in [1.165, 1.54) is 6.07 Å². The minimum Gasteiger partial charge on any atom is -0.497 e. The molecule has 6 nitrogen and oxygen atoms in total. The number of benzene rings is 2. The highest BCUT2D eigenvalue weighted by atomic mass is 16.6. The number of rotatable bonds is 5. The first-order valence-corrected chi connectivity index (χ1v) is 6.91. The van der Waals surface area contributed by atoms with Crippen LogP contribution in [0, 0.1) is 17.0 Å². The van der Waals surface area contributed by atoms with Crippen molar-refractivity contribution in [3.63, 3.8) is 0 Å². The molecule has 0 atom stereocenters. The molecule has 23 heavy (non-hydrogen) atoms. The molecule has 0 aliphatic rings. The maximum Gasteiger partial charge on any atom is 0.274 e. The molecule has 2 rings (SSSR count). The van der Waals surface area contributed by atoms with Crippen LogP contribution in [0.15, 0.2) is 53.5 Å². The van der Waals surface area contributed by atoms with Crippen LogP contribution in [0.25, 0.3) is 6.08 Å². The largest absolute Gasteiger partial charge is 0.497 e. The van der Waals surface area contributed by atoms with E-state index in [0.29, 0.717) is 11.3 Å². The number of ether oxygens (including phenoxy) is 1. The van der Waals surface area contributed by atoms with Crippen molar-refractivity contribution in [3.05, 3.63) is 69.8 Å². The van der Waals surface area contributed by atoms with Gasteiger partial charge < -0.3 is 10.5 Å². The van der Waals surface area contributed by atoms with E-state index in [9.17, 15) is 10.1 Å². The van der Waals surface area contributed by atoms with Crippen molar-refractivity contribution in [2.24, 2.45) is 10.7 Å². The molecule has 0 saturated heterocycles. The number of hydrogen-bond donors (Lipinski definition) is 1. The molecule has 0 saturated carbocycles. The third kappa shape index (κ3) is 4.41. The predicted octanol–water partition coefficient (Wildman–Crippen LogP) is 3.61. The maximum absolute atomic E-state index is 10.9. The van der Waals surface area contributed by atoms with Gasteiger partial charge in [-0.1, -0.05) is 24.3 Å². The third-order valence-electron chi connectivity index (χ3n) is 3.21. The second kappa shape index (κ2) is 7.22. The van der Waals surface area contributed by atoms with Crippen LogP contribution in [0.4, 0.5) is 11.4 Å². The number of nitrogens with zero attached hydrogens (tertiary/aromatic N) is 2. The minimum atomic E-state index is -0.433. The van der Waals surface area contributed by atoms with Crippen LogP contribution in [-0.2, 0) is 0 Å². The molecule has 0 spiro atoms. The quantitative estimate of drug-likeness (QED) is 0.395. The number of aryl methyl sites for hydroxylation is 1. The van der Waals surface area contributed by atoms with Crippen molar-refractivity contribution in [2.75, 3.05) is 7.11 Å². The Morgan fingerprint density at radius 1 is 1.26 bits per heavy atom. The number of hydrogen-bond acceptors (Lipinski definition) is 4. The molecule has 2 aromatic carbocycles. The summed E-state index contributed by atoms with van der Waals surface area (Å²) in [5.74, 6) is 1.04. The van der Waals surface area contributed by atoms with Crippen LogP contribution in [0.2, 0.25) is 0 Å². The third-order valence-corrected chi connectivity index (χ3v) is 3.21. The van der Waals surface area contributed by atoms with Crippen LogP contribution in [0.5, 0.6) is 5.75 Å². The summed E-state index contributed by atoms with van der Waals surface area (Å²) >= 11 is 0. The zero-order valence-corrected chi connectivity index (χ0v) is 12.9. The molecule has 0 fully saturated rings. The molecule has 0 heterocycles. The smallest absolute Gasteiger partial charge is 0.274 e. The Bertz CT molecular complexity index is 765. The molecule has 2 aromatic rings. The Balaban J connectivity index is 2.17. The Morgan fingerprint density at radius 2 is 1.96 bits per heavy atom. The fourth-order valence-corrected chi connectivity index (χ4v) is 1.95. The van der Waals surface area contributed by atoms with Gasteiger partial charge in [0.15, 0.2) is 0 Å². The predicted molar refractivity (Wildman–Crippen MR) is 91.1 cm³/mol. The van der Waals surface area contributed by atoms with E-state index in [0.717, 1.165) is 11.3 Å². The van der Waals surface area contributed by atoms with Gasteiger partial charge >= 0.3 is 0 Å². The first-order valence-electron chi connectivity index (χ1n) is 6.91. The summed E-state index contributed by atoms with van der Waals surface area (Å²) in [6, 6.07) is 12.2. The molecular weight excluding hydrogens is 294 g/mol. The van der Waals surface area contributed by atoms with E-state index in [-0.39, 0.29) is 11.5 Å². The Hall–Kier alpha value is -3.15. The van der Waals surface area contributed by atoms with Crippen molar-refractivity contribution in [1.82, 2.24) is 0 Å². The summed E-state index contributed by atoms with van der Waals surface area (Å²) in [4.78, 5) is 14.7. The van der Waals surface area contributed by atoms with Crippen molar-refractivity contribution in [3.8, 4) is 5.75 Å². The lowest BCUT2D eigenvalue weighted by atomic mass is 10.2. The van der Waals surface area contributed by atoms with Crippen LogP contribution in [-0.4, -0.2) is 17.9 Å². The highest BCUT2D eigenvalue weighted by Gasteiger charge is 2.10. The fraction of sp³-hybridized carbons (Fsp3) is 0.118. The summed E-state index contributed by atoms with van der Waals surface area (Å²) in [6.45, 7) is 1.68. The molecule has 0 aliphatic carbocycles. The topological polar surface area (TPSA) is 90.8 Å². The lowest BCUT2D eigenvalue weighted by Crippen LogP contribution is -2.06. The standard InChI is InChI=1S/C17H17N3O3/c1-12-3-7-14(11-16(12)20(21)22)19-17(18)10-6-13-4-8-15(23-2)9-5-13/h3-11H,1-2H3,(H2,18,19)/b10-6+. The van der Waals surface area contributed by atoms with E-state index in [2.05, 4.69) is 4.99 Å². The second-order valence-corrected chi connectivity index (χ2v) is 4.87. The van der Waals surface area contributed by atoms with Crippen molar-refractivity contribution < 1.29 is 9.66 Å². The molecule has 0 aliphatic heterocycles. The molecule has 0 unspecified atom stereocenters. The first-order chi connectivity index (χ1) is 11.0. The number of nitro groups is 1. The van der Waals surface area contributed by atoms with Gasteiger partial charge in [-0.25, -0.2) is 4.99 Å². The number of nitrogens with two attached hydrogens (primary N) is 1. The number of nitro benzene ring substituents is 1. The van der Waals surface area contributed by atoms with Crippen LogP contribution < -0.4 is 10.5 Å². The molecule has 0 aromatic heterocycles. The Kier molecular flexibility index (Phi) is 5.09. The van der Waals surface area contributed by atoms with E-state index in [4.69, 9.17) is 10.5 Å². The molecule has 6 heteroatoms. The van der Waals surface area contributed by atoms with Gasteiger partial charge in [0.2, 0.25) is 0 Å². The lowest BCUT2D eigenvalue weighted by Gasteiger charge is -2.00. The van der Waals surface area contributed by atoms with E-state index in [1.807, 2.05) is 24.3 Å². The summed E-state index contributed by atoms with van der Waals surface area (Å²) < 4.78 is 5.09. The average molecular weight is 311 g/mol. The molecular formula is C17H17N3O3. The summed E-state index contributed by atoms with van der Waals surface area (Å²) in [5.41, 5.74) is 7.84. The molecule has 0 bridgehead atoms. The van der Waals surface area contributed by atoms with Gasteiger partial charge in [-0.2, -0.15) is 0 Å². The van der Waals surface area contributed by atoms with Crippen molar-refractivity contribution in [1.29, 1.82) is 0 Å². The summed E-state index contributed by atoms with van der Waals surface area (Å²) in [7, 11) is 1.61. The van der Waals surface area contributed by atoms with Crippen LogP contribution >= 0.6 is 0 Å². The molecule has 0 amide bonds. The van der Waals surface area contributed by atoms with Gasteiger partial charge in [0, 0.05) is 11.6 Å². The minimum absolute atomic E-state index is 0.0261. The van der Waals surface area contributed by atoms with Crippen LogP contribution in [0.1, 0.15) is 11.1 Å². The number of methoxy groups -OCH3 is 1. The van der Waals surface area contributed by atoms with Gasteiger partial charge in [-0.3, -0.25) is 10.1 Å². The highest BCUT2D eigenvalue weighted by molar-refractivity contribution is 5.96. The van der Waals surface area contributed by atoms with Gasteiger partial charge in [-0.15, -0.1) is 0 Å². The lowest BCUT2D eigenvalue weighted by molar-refractivity contribution is -0.385. The molecule has 118 valence electrons. The highest BCUT2D eigenvalue weighted by Crippen LogP contribution is 2.24. The van der Waals surface area contributed by atoms with Gasteiger partial charge in [-0.05, 0) is 36.8 Å². The summed E-state index contributed by atoms with van der Waals surface area (Å²) in [5, 5.41) is 10.9. The Morgan fingerprint density at radius 3 is 2.57 bits per heavy atom. The summed E-state index contributed by atoms with van der Waals surface area (Å²) in [6.07, 6.45) is 3.45. The zero-order valence-electron chi connectivity index (χ0n) is 12.9. The SMILES string of the molecule is COc1ccc(/C=C/C(N)=Nc2ccc(C)c([N+](=O)[O-])c2)cc1. The van der Waals surface area contributed by atoms with E-state index < -0.39 is 4.92 Å². The van der Waals surface area contributed by atoms with E-state index in [1.54, 1.807) is 38.3 Å². The van der Waals surface area contributed by atoms with Gasteiger partial charge in [0.25, 0.3) is 5.69 Å². The van der Waals surface area contributed by atoms with Crippen molar-refractivity contribution in [2.45, 2.75) is 6.92 Å². The molecule has 2 N–H and O–H groups in total. The first kappa shape index (κ1) is 16.2. The van der Waals surface area contributed by atoms with Crippen molar-refractivity contribution >= 4 is 23.3 Å². The fourth-order valence-electron chi connectivity index (χ4n) is 1.95. The number of aliphatic imine (C=N–C) groups is 1. The Labute approximate surface area is 134 Å². The zero-order chi connectivity index (χ0) is 16.8. The van der Waals surface area contributed by atoms with Gasteiger partial charge in [0.05, 0.1) is 17.7 Å². The monoisotopic (exact) mass is 311 g/mol.